The zero-order valence-electron chi connectivity index (χ0n) is 18.5. The summed E-state index contributed by atoms with van der Waals surface area (Å²) in [5, 5.41) is 6.99. The lowest BCUT2D eigenvalue weighted by Crippen LogP contribution is -2.35. The molecule has 170 valence electrons. The number of aryl methyl sites for hydroxylation is 1. The third-order valence-corrected chi connectivity index (χ3v) is 5.31. The molecule has 1 atom stereocenters. The van der Waals surface area contributed by atoms with E-state index in [9.17, 15) is 9.18 Å². The summed E-state index contributed by atoms with van der Waals surface area (Å²) in [6, 6.07) is 18.3. The highest BCUT2D eigenvalue weighted by Crippen LogP contribution is 2.26. The zero-order chi connectivity index (χ0) is 23.2. The number of ether oxygens (including phenoxy) is 1. The van der Waals surface area contributed by atoms with Gasteiger partial charge in [0.05, 0.1) is 7.11 Å². The third-order valence-electron chi connectivity index (χ3n) is 5.31. The SMILES string of the molecule is COc1ccc(-c2noc(-c3cccn3CC(=O)NC(C)CCc3ccccc3)n2)cc1F. The second-order valence-electron chi connectivity index (χ2n) is 7.79. The van der Waals surface area contributed by atoms with Crippen molar-refractivity contribution in [1.29, 1.82) is 0 Å². The molecule has 0 radical (unpaired) electrons. The van der Waals surface area contributed by atoms with E-state index in [2.05, 4.69) is 27.6 Å². The Labute approximate surface area is 191 Å². The quantitative estimate of drug-likeness (QED) is 0.408. The minimum absolute atomic E-state index is 0.0386. The van der Waals surface area contributed by atoms with E-state index in [0.29, 0.717) is 11.3 Å². The summed E-state index contributed by atoms with van der Waals surface area (Å²) in [7, 11) is 1.40. The van der Waals surface area contributed by atoms with Gasteiger partial charge in [0.2, 0.25) is 11.7 Å². The van der Waals surface area contributed by atoms with Crippen molar-refractivity contribution in [2.45, 2.75) is 32.4 Å². The average Bonchev–Trinajstić information content (AvgIpc) is 3.48. The molecule has 0 aliphatic heterocycles. The number of carbonyl (C=O) groups excluding carboxylic acids is 1. The molecule has 2 aromatic heterocycles. The summed E-state index contributed by atoms with van der Waals surface area (Å²) in [6.07, 6.45) is 3.52. The Bertz CT molecular complexity index is 1220. The molecule has 0 saturated heterocycles. The van der Waals surface area contributed by atoms with Crippen LogP contribution in [0.25, 0.3) is 23.0 Å². The molecule has 4 rings (SSSR count). The number of nitrogens with zero attached hydrogens (tertiary/aromatic N) is 3. The van der Waals surface area contributed by atoms with Gasteiger partial charge in [-0.25, -0.2) is 4.39 Å². The maximum Gasteiger partial charge on any atom is 0.274 e. The van der Waals surface area contributed by atoms with Gasteiger partial charge in [0.25, 0.3) is 5.89 Å². The number of nitrogens with one attached hydrogen (secondary N) is 1. The van der Waals surface area contributed by atoms with Gasteiger partial charge in [0.15, 0.2) is 11.6 Å². The van der Waals surface area contributed by atoms with Crippen molar-refractivity contribution in [3.8, 4) is 28.7 Å². The Hall–Kier alpha value is -3.94. The van der Waals surface area contributed by atoms with Crippen molar-refractivity contribution in [2.75, 3.05) is 7.11 Å². The van der Waals surface area contributed by atoms with E-state index in [0.717, 1.165) is 12.8 Å². The summed E-state index contributed by atoms with van der Waals surface area (Å²) >= 11 is 0. The van der Waals surface area contributed by atoms with Gasteiger partial charge in [0.1, 0.15) is 12.2 Å². The summed E-state index contributed by atoms with van der Waals surface area (Å²) in [5.74, 6) is 0.0163. The number of methoxy groups -OCH3 is 1. The fraction of sp³-hybridized carbons (Fsp3) is 0.240. The third kappa shape index (κ3) is 5.46. The van der Waals surface area contributed by atoms with Crippen LogP contribution in [0, 0.1) is 5.82 Å². The van der Waals surface area contributed by atoms with Crippen LogP contribution in [0.4, 0.5) is 4.39 Å². The van der Waals surface area contributed by atoms with Gasteiger partial charge in [-0.05, 0) is 55.7 Å². The number of benzene rings is 2. The monoisotopic (exact) mass is 448 g/mol. The van der Waals surface area contributed by atoms with E-state index in [1.54, 1.807) is 29.0 Å². The zero-order valence-corrected chi connectivity index (χ0v) is 18.5. The molecule has 4 aromatic rings. The van der Waals surface area contributed by atoms with Crippen LogP contribution in [0.1, 0.15) is 18.9 Å². The molecule has 0 fully saturated rings. The van der Waals surface area contributed by atoms with Gasteiger partial charge in [-0.3, -0.25) is 4.79 Å². The predicted molar refractivity (Wildman–Crippen MR) is 122 cm³/mol. The summed E-state index contributed by atoms with van der Waals surface area (Å²) in [4.78, 5) is 17.0. The lowest BCUT2D eigenvalue weighted by molar-refractivity contribution is -0.122. The van der Waals surface area contributed by atoms with E-state index in [1.165, 1.54) is 24.8 Å². The van der Waals surface area contributed by atoms with Crippen molar-refractivity contribution in [2.24, 2.45) is 0 Å². The number of halogens is 1. The fourth-order valence-corrected chi connectivity index (χ4v) is 3.57. The van der Waals surface area contributed by atoms with Crippen LogP contribution in [0.3, 0.4) is 0 Å². The van der Waals surface area contributed by atoms with Gasteiger partial charge in [0, 0.05) is 17.8 Å². The Kier molecular flexibility index (Phi) is 6.83. The van der Waals surface area contributed by atoms with Crippen LogP contribution < -0.4 is 10.1 Å². The van der Waals surface area contributed by atoms with Crippen LogP contribution in [-0.4, -0.2) is 33.8 Å². The van der Waals surface area contributed by atoms with E-state index < -0.39 is 5.82 Å². The van der Waals surface area contributed by atoms with Gasteiger partial charge in [-0.15, -0.1) is 0 Å². The van der Waals surface area contributed by atoms with E-state index in [4.69, 9.17) is 9.26 Å². The molecular weight excluding hydrogens is 423 g/mol. The van der Waals surface area contributed by atoms with Crippen molar-refractivity contribution in [1.82, 2.24) is 20.0 Å². The standard InChI is InChI=1S/C25H25FN4O3/c1-17(10-11-18-7-4-3-5-8-18)27-23(31)16-30-14-6-9-21(30)25-28-24(29-33-25)19-12-13-22(32-2)20(26)15-19/h3-9,12-15,17H,10-11,16H2,1-2H3,(H,27,31). The fourth-order valence-electron chi connectivity index (χ4n) is 3.57. The topological polar surface area (TPSA) is 82.2 Å². The largest absolute Gasteiger partial charge is 0.494 e. The summed E-state index contributed by atoms with van der Waals surface area (Å²) in [5.41, 5.74) is 2.32. The van der Waals surface area contributed by atoms with E-state index >= 15 is 0 Å². The Morgan fingerprint density at radius 3 is 2.76 bits per heavy atom. The van der Waals surface area contributed by atoms with Crippen molar-refractivity contribution in [3.05, 3.63) is 78.2 Å². The average molecular weight is 448 g/mol. The summed E-state index contributed by atoms with van der Waals surface area (Å²) in [6.45, 7) is 2.11. The van der Waals surface area contributed by atoms with Crippen LogP contribution in [0.15, 0.2) is 71.4 Å². The maximum atomic E-state index is 14.0. The van der Waals surface area contributed by atoms with E-state index in [1.807, 2.05) is 25.1 Å². The van der Waals surface area contributed by atoms with Crippen LogP contribution in [0.5, 0.6) is 5.75 Å². The number of carbonyl (C=O) groups is 1. The second-order valence-corrected chi connectivity index (χ2v) is 7.79. The second kappa shape index (κ2) is 10.1. The number of rotatable bonds is 9. The highest BCUT2D eigenvalue weighted by Gasteiger charge is 2.17. The molecule has 0 spiro atoms. The van der Waals surface area contributed by atoms with Crippen LogP contribution >= 0.6 is 0 Å². The smallest absolute Gasteiger partial charge is 0.274 e. The minimum atomic E-state index is -0.511. The molecule has 2 aromatic carbocycles. The maximum absolute atomic E-state index is 14.0. The predicted octanol–water partition coefficient (Wildman–Crippen LogP) is 4.49. The Morgan fingerprint density at radius 2 is 2.00 bits per heavy atom. The van der Waals surface area contributed by atoms with E-state index in [-0.39, 0.29) is 36.0 Å². The minimum Gasteiger partial charge on any atom is -0.494 e. The van der Waals surface area contributed by atoms with Crippen molar-refractivity contribution < 1.29 is 18.4 Å². The molecule has 1 N–H and O–H groups in total. The first-order valence-corrected chi connectivity index (χ1v) is 10.7. The number of hydrogen-bond donors (Lipinski definition) is 1. The van der Waals surface area contributed by atoms with Crippen molar-refractivity contribution >= 4 is 5.91 Å². The van der Waals surface area contributed by atoms with Gasteiger partial charge in [-0.1, -0.05) is 35.5 Å². The Balaban J connectivity index is 1.39. The molecule has 8 heteroatoms. The van der Waals surface area contributed by atoms with Gasteiger partial charge in [-0.2, -0.15) is 4.98 Å². The van der Waals surface area contributed by atoms with Gasteiger partial charge < -0.3 is 19.1 Å². The lowest BCUT2D eigenvalue weighted by atomic mass is 10.1. The van der Waals surface area contributed by atoms with Crippen LogP contribution in [-0.2, 0) is 17.8 Å². The molecule has 0 saturated carbocycles. The normalized spacial score (nSPS) is 11.8. The van der Waals surface area contributed by atoms with Crippen LogP contribution in [0.2, 0.25) is 0 Å². The molecule has 7 nitrogen and oxygen atoms in total. The first kappa shape index (κ1) is 22.3. The number of aromatic nitrogens is 3. The molecule has 0 aliphatic rings. The molecule has 0 aliphatic carbocycles. The molecular formula is C25H25FN4O3. The Morgan fingerprint density at radius 1 is 1.18 bits per heavy atom. The van der Waals surface area contributed by atoms with Gasteiger partial charge >= 0.3 is 0 Å². The summed E-state index contributed by atoms with van der Waals surface area (Å²) < 4.78 is 26.1. The lowest BCUT2D eigenvalue weighted by Gasteiger charge is -2.15. The highest BCUT2D eigenvalue weighted by molar-refractivity contribution is 5.76. The highest BCUT2D eigenvalue weighted by atomic mass is 19.1. The number of hydrogen-bond acceptors (Lipinski definition) is 5. The molecule has 0 bridgehead atoms. The van der Waals surface area contributed by atoms with Crippen molar-refractivity contribution in [3.63, 3.8) is 0 Å². The first-order valence-electron chi connectivity index (χ1n) is 10.7. The molecule has 2 heterocycles. The molecule has 1 unspecified atom stereocenters. The first-order chi connectivity index (χ1) is 16.0. The number of amides is 1. The molecule has 33 heavy (non-hydrogen) atoms. The molecule has 1 amide bonds.